The fourth-order valence-electron chi connectivity index (χ4n) is 3.17. The van der Waals surface area contributed by atoms with Gasteiger partial charge < -0.3 is 10.6 Å². The van der Waals surface area contributed by atoms with E-state index < -0.39 is 5.41 Å². The van der Waals surface area contributed by atoms with Crippen LogP contribution in [-0.2, 0) is 16.1 Å². The normalized spacial score (nSPS) is 18.6. The molecular formula is C20H22N6O2. The lowest BCUT2D eigenvalue weighted by Gasteiger charge is -2.19. The number of aromatic nitrogens is 2. The second-order valence-corrected chi connectivity index (χ2v) is 6.73. The molecule has 0 unspecified atom stereocenters. The molecule has 1 aliphatic rings. The number of amides is 2. The Morgan fingerprint density at radius 2 is 2.21 bits per heavy atom. The van der Waals surface area contributed by atoms with Gasteiger partial charge in [-0.25, -0.2) is 4.98 Å². The van der Waals surface area contributed by atoms with Gasteiger partial charge in [0.1, 0.15) is 11.2 Å². The SMILES string of the molecule is CC[C@]1(C#N)CCN(c2ccnc(Nc3cccc(CNC(C)=O)c3)n2)C1=O. The fourth-order valence-corrected chi connectivity index (χ4v) is 3.17. The van der Waals surface area contributed by atoms with Crippen LogP contribution in [0.25, 0.3) is 0 Å². The summed E-state index contributed by atoms with van der Waals surface area (Å²) >= 11 is 0. The zero-order valence-electron chi connectivity index (χ0n) is 15.9. The Morgan fingerprint density at radius 1 is 1.39 bits per heavy atom. The molecule has 0 bridgehead atoms. The number of nitrogens with zero attached hydrogens (tertiary/aromatic N) is 4. The highest BCUT2D eigenvalue weighted by atomic mass is 16.2. The molecule has 144 valence electrons. The van der Waals surface area contributed by atoms with Gasteiger partial charge >= 0.3 is 0 Å². The number of carbonyl (C=O) groups excluding carboxylic acids is 2. The van der Waals surface area contributed by atoms with Crippen LogP contribution in [0.5, 0.6) is 0 Å². The first kappa shape index (κ1) is 19.3. The van der Waals surface area contributed by atoms with Gasteiger partial charge in [0.15, 0.2) is 0 Å². The van der Waals surface area contributed by atoms with E-state index in [1.165, 1.54) is 6.92 Å². The van der Waals surface area contributed by atoms with Crippen molar-refractivity contribution in [2.45, 2.75) is 33.2 Å². The lowest BCUT2D eigenvalue weighted by Crippen LogP contribution is -2.33. The second kappa shape index (κ2) is 8.05. The molecule has 2 aromatic rings. The lowest BCUT2D eigenvalue weighted by atomic mass is 9.85. The number of anilines is 3. The molecule has 2 amide bonds. The van der Waals surface area contributed by atoms with Crippen LogP contribution in [0.2, 0.25) is 0 Å². The summed E-state index contributed by atoms with van der Waals surface area (Å²) in [6.07, 6.45) is 2.56. The fraction of sp³-hybridized carbons (Fsp3) is 0.350. The average molecular weight is 378 g/mol. The molecule has 1 saturated heterocycles. The van der Waals surface area contributed by atoms with Gasteiger partial charge in [-0.05, 0) is 36.6 Å². The summed E-state index contributed by atoms with van der Waals surface area (Å²) in [4.78, 5) is 34.0. The van der Waals surface area contributed by atoms with Gasteiger partial charge in [0.25, 0.3) is 0 Å². The monoisotopic (exact) mass is 378 g/mol. The zero-order valence-corrected chi connectivity index (χ0v) is 15.9. The average Bonchev–Trinajstić information content (AvgIpc) is 3.03. The number of carbonyl (C=O) groups is 2. The molecule has 0 saturated carbocycles. The smallest absolute Gasteiger partial charge is 0.248 e. The third-order valence-electron chi connectivity index (χ3n) is 4.88. The molecule has 1 aromatic heterocycles. The van der Waals surface area contributed by atoms with Crippen molar-refractivity contribution in [2.75, 3.05) is 16.8 Å². The third-order valence-corrected chi connectivity index (χ3v) is 4.88. The van der Waals surface area contributed by atoms with Crippen molar-refractivity contribution in [3.05, 3.63) is 42.1 Å². The molecule has 3 rings (SSSR count). The van der Waals surface area contributed by atoms with E-state index in [2.05, 4.69) is 26.7 Å². The molecule has 8 nitrogen and oxygen atoms in total. The first-order chi connectivity index (χ1) is 13.5. The Bertz CT molecular complexity index is 938. The van der Waals surface area contributed by atoms with E-state index in [0.717, 1.165) is 11.3 Å². The number of nitrogens with one attached hydrogen (secondary N) is 2. The maximum Gasteiger partial charge on any atom is 0.248 e. The standard InChI is InChI=1S/C20H22N6O2/c1-3-20(13-21)8-10-26(18(20)28)17-7-9-22-19(25-17)24-16-6-4-5-15(11-16)12-23-14(2)27/h4-7,9,11H,3,8,10,12H2,1-2H3,(H,23,27)(H,22,24,25)/t20-/m1/s1. The first-order valence-corrected chi connectivity index (χ1v) is 9.14. The third kappa shape index (κ3) is 3.93. The van der Waals surface area contributed by atoms with E-state index in [0.29, 0.717) is 37.7 Å². The van der Waals surface area contributed by atoms with Gasteiger partial charge in [-0.1, -0.05) is 19.1 Å². The Labute approximate surface area is 163 Å². The molecule has 1 aliphatic heterocycles. The van der Waals surface area contributed by atoms with Crippen molar-refractivity contribution in [2.24, 2.45) is 5.41 Å². The van der Waals surface area contributed by atoms with Crippen molar-refractivity contribution >= 4 is 29.3 Å². The molecular weight excluding hydrogens is 356 g/mol. The van der Waals surface area contributed by atoms with Crippen LogP contribution in [0, 0.1) is 16.7 Å². The largest absolute Gasteiger partial charge is 0.352 e. The van der Waals surface area contributed by atoms with Gasteiger partial charge in [-0.15, -0.1) is 0 Å². The highest BCUT2D eigenvalue weighted by molar-refractivity contribution is 6.01. The van der Waals surface area contributed by atoms with E-state index in [9.17, 15) is 14.9 Å². The molecule has 1 aromatic carbocycles. The van der Waals surface area contributed by atoms with Crippen molar-refractivity contribution in [1.82, 2.24) is 15.3 Å². The molecule has 1 fully saturated rings. The van der Waals surface area contributed by atoms with Crippen molar-refractivity contribution in [3.8, 4) is 6.07 Å². The summed E-state index contributed by atoms with van der Waals surface area (Å²) in [5, 5.41) is 15.3. The van der Waals surface area contributed by atoms with Crippen LogP contribution in [0.4, 0.5) is 17.5 Å². The minimum atomic E-state index is -0.962. The topological polar surface area (TPSA) is 111 Å². The van der Waals surface area contributed by atoms with Crippen LogP contribution >= 0.6 is 0 Å². The van der Waals surface area contributed by atoms with Crippen LogP contribution in [0.1, 0.15) is 32.3 Å². The number of rotatable bonds is 6. The molecule has 1 atom stereocenters. The predicted molar refractivity (Wildman–Crippen MR) is 105 cm³/mol. The van der Waals surface area contributed by atoms with Crippen LogP contribution in [-0.4, -0.2) is 28.3 Å². The summed E-state index contributed by atoms with van der Waals surface area (Å²) in [5.74, 6) is 0.528. The van der Waals surface area contributed by atoms with Gasteiger partial charge in [0.05, 0.1) is 6.07 Å². The van der Waals surface area contributed by atoms with E-state index in [1.54, 1.807) is 17.2 Å². The maximum atomic E-state index is 12.7. The summed E-state index contributed by atoms with van der Waals surface area (Å²) in [7, 11) is 0. The zero-order chi connectivity index (χ0) is 20.1. The molecule has 28 heavy (non-hydrogen) atoms. The summed E-state index contributed by atoms with van der Waals surface area (Å²) in [6.45, 7) is 4.22. The van der Waals surface area contributed by atoms with Gasteiger partial charge in [-0.3, -0.25) is 14.5 Å². The first-order valence-electron chi connectivity index (χ1n) is 9.14. The van der Waals surface area contributed by atoms with E-state index in [-0.39, 0.29) is 11.8 Å². The molecule has 0 radical (unpaired) electrons. The Hall–Kier alpha value is -3.47. The molecule has 0 aliphatic carbocycles. The highest BCUT2D eigenvalue weighted by Crippen LogP contribution is 2.36. The van der Waals surface area contributed by atoms with Crippen molar-refractivity contribution in [1.29, 1.82) is 5.26 Å². The molecule has 8 heteroatoms. The number of benzene rings is 1. The lowest BCUT2D eigenvalue weighted by molar-refractivity contribution is -0.123. The van der Waals surface area contributed by atoms with Gasteiger partial charge in [-0.2, -0.15) is 10.2 Å². The Balaban J connectivity index is 1.76. The highest BCUT2D eigenvalue weighted by Gasteiger charge is 2.46. The van der Waals surface area contributed by atoms with Gasteiger partial charge in [0.2, 0.25) is 17.8 Å². The van der Waals surface area contributed by atoms with E-state index in [1.807, 2.05) is 31.2 Å². The Morgan fingerprint density at radius 3 is 2.89 bits per heavy atom. The molecule has 0 spiro atoms. The van der Waals surface area contributed by atoms with E-state index >= 15 is 0 Å². The van der Waals surface area contributed by atoms with Gasteiger partial charge in [0, 0.05) is 31.9 Å². The maximum absolute atomic E-state index is 12.7. The van der Waals surface area contributed by atoms with Crippen LogP contribution < -0.4 is 15.5 Å². The summed E-state index contributed by atoms with van der Waals surface area (Å²) < 4.78 is 0. The molecule has 2 N–H and O–H groups in total. The quantitative estimate of drug-likeness (QED) is 0.799. The summed E-state index contributed by atoms with van der Waals surface area (Å²) in [6, 6.07) is 11.4. The number of hydrogen-bond donors (Lipinski definition) is 2. The minimum Gasteiger partial charge on any atom is -0.352 e. The van der Waals surface area contributed by atoms with Crippen LogP contribution in [0.15, 0.2) is 36.5 Å². The molecule has 2 heterocycles. The Kier molecular flexibility index (Phi) is 5.54. The second-order valence-electron chi connectivity index (χ2n) is 6.73. The number of nitriles is 1. The minimum absolute atomic E-state index is 0.0924. The number of hydrogen-bond acceptors (Lipinski definition) is 6. The van der Waals surface area contributed by atoms with Crippen molar-refractivity contribution in [3.63, 3.8) is 0 Å². The van der Waals surface area contributed by atoms with Crippen LogP contribution in [0.3, 0.4) is 0 Å². The predicted octanol–water partition coefficient (Wildman–Crippen LogP) is 2.51. The summed E-state index contributed by atoms with van der Waals surface area (Å²) in [5.41, 5.74) is 0.747. The van der Waals surface area contributed by atoms with Crippen molar-refractivity contribution < 1.29 is 9.59 Å². The van der Waals surface area contributed by atoms with E-state index in [4.69, 9.17) is 0 Å².